The molecule has 5 atom stereocenters. The Morgan fingerprint density at radius 3 is 2.52 bits per heavy atom. The van der Waals surface area contributed by atoms with Gasteiger partial charge in [0.25, 0.3) is 0 Å². The third kappa shape index (κ3) is 5.59. The molecule has 0 aromatic carbocycles. The number of nitrogens with zero attached hydrogens (tertiary/aromatic N) is 4. The van der Waals surface area contributed by atoms with Gasteiger partial charge in [-0.05, 0) is 19.3 Å². The lowest BCUT2D eigenvalue weighted by Gasteiger charge is -2.29. The summed E-state index contributed by atoms with van der Waals surface area (Å²) in [5.41, 5.74) is 1.47. The smallest absolute Gasteiger partial charge is 0.340 e. The van der Waals surface area contributed by atoms with Gasteiger partial charge in [-0.3, -0.25) is 9.13 Å². The van der Waals surface area contributed by atoms with Crippen molar-refractivity contribution in [2.24, 2.45) is 0 Å². The highest BCUT2D eigenvalue weighted by Gasteiger charge is 2.46. The molecule has 0 amide bonds. The number of anilines is 1. The van der Waals surface area contributed by atoms with Crippen LogP contribution in [0.15, 0.2) is 12.3 Å². The summed E-state index contributed by atoms with van der Waals surface area (Å²) in [5.74, 6) is -1.20. The lowest BCUT2D eigenvalue weighted by Crippen LogP contribution is -2.33. The van der Waals surface area contributed by atoms with E-state index in [9.17, 15) is 24.2 Å². The summed E-state index contributed by atoms with van der Waals surface area (Å²) < 4.78 is 34.7. The maximum absolute atomic E-state index is 11.9. The van der Waals surface area contributed by atoms with Crippen molar-refractivity contribution < 1.29 is 43.3 Å². The Labute approximate surface area is 193 Å². The number of halogens is 1. The lowest BCUT2D eigenvalue weighted by molar-refractivity contribution is -0.0217. The minimum atomic E-state index is -4.81. The molecule has 33 heavy (non-hydrogen) atoms. The quantitative estimate of drug-likeness (QED) is 0.321. The topological polar surface area (TPSA) is 187 Å². The number of fused-ring (bicyclic) bond motifs is 1. The number of imidazole rings is 1. The molecule has 0 bridgehead atoms. The van der Waals surface area contributed by atoms with Crippen LogP contribution in [0.3, 0.4) is 0 Å². The van der Waals surface area contributed by atoms with Gasteiger partial charge in [0.2, 0.25) is 0 Å². The standard InChI is InChI=1S/C17H25ClN4O9P2/c18-13-6-10(21-4-2-1-3-5-21)11-7-19-17(22(11)20-13)16-15(24)14(23)12(31-16)8-30-33(28,29)9-32(25,26)27/h6-7,12,14-16,23-24H,1-5,8-9H2,(H,28,29)(H2,25,26,27)/t12-,14?,15?,16-/m1/s1. The molecular weight excluding hydrogens is 502 g/mol. The zero-order chi connectivity index (χ0) is 24.0. The molecule has 5 N–H and O–H groups in total. The predicted octanol–water partition coefficient (Wildman–Crippen LogP) is 0.872. The van der Waals surface area contributed by atoms with E-state index in [0.717, 1.165) is 38.0 Å². The molecule has 2 aromatic heterocycles. The summed E-state index contributed by atoms with van der Waals surface area (Å²) in [4.78, 5) is 33.9. The van der Waals surface area contributed by atoms with Gasteiger partial charge >= 0.3 is 15.2 Å². The fourth-order valence-electron chi connectivity index (χ4n) is 4.10. The number of hydrogen-bond donors (Lipinski definition) is 5. The number of hydrogen-bond acceptors (Lipinski definition) is 9. The van der Waals surface area contributed by atoms with Crippen molar-refractivity contribution in [3.05, 3.63) is 23.2 Å². The summed E-state index contributed by atoms with van der Waals surface area (Å²) in [6, 6.07) is 1.74. The first kappa shape index (κ1) is 25.0. The van der Waals surface area contributed by atoms with Crippen molar-refractivity contribution in [3.8, 4) is 0 Å². The summed E-state index contributed by atoms with van der Waals surface area (Å²) in [5, 5.41) is 25.4. The molecule has 4 heterocycles. The lowest BCUT2D eigenvalue weighted by atomic mass is 10.1. The first-order chi connectivity index (χ1) is 15.5. The van der Waals surface area contributed by atoms with Gasteiger partial charge in [0, 0.05) is 19.2 Å². The molecular formula is C17H25ClN4O9P2. The van der Waals surface area contributed by atoms with Crippen LogP contribution in [-0.4, -0.2) is 83.4 Å². The fourth-order valence-corrected chi connectivity index (χ4v) is 6.84. The molecule has 2 aliphatic rings. The minimum Gasteiger partial charge on any atom is -0.387 e. The number of aliphatic hydroxyl groups is 2. The number of rotatable bonds is 7. The van der Waals surface area contributed by atoms with Crippen LogP contribution in [-0.2, 0) is 18.4 Å². The fraction of sp³-hybridized carbons (Fsp3) is 0.647. The van der Waals surface area contributed by atoms with Crippen LogP contribution < -0.4 is 4.90 Å². The molecule has 2 fully saturated rings. The Balaban J connectivity index is 1.55. The van der Waals surface area contributed by atoms with Crippen LogP contribution in [0.25, 0.3) is 5.52 Å². The normalized spacial score (nSPS) is 28.4. The molecule has 0 aliphatic carbocycles. The number of aromatic nitrogens is 3. The highest BCUT2D eigenvalue weighted by atomic mass is 35.5. The highest BCUT2D eigenvalue weighted by Crippen LogP contribution is 2.55. The predicted molar refractivity (Wildman–Crippen MR) is 116 cm³/mol. The molecule has 2 aliphatic heterocycles. The van der Waals surface area contributed by atoms with Crippen molar-refractivity contribution in [3.63, 3.8) is 0 Å². The van der Waals surface area contributed by atoms with E-state index in [4.69, 9.17) is 30.6 Å². The van der Waals surface area contributed by atoms with E-state index < -0.39 is 52.1 Å². The van der Waals surface area contributed by atoms with Crippen LogP contribution in [0, 0.1) is 0 Å². The van der Waals surface area contributed by atoms with Crippen molar-refractivity contribution in [2.45, 2.75) is 43.7 Å². The molecule has 4 rings (SSSR count). The largest absolute Gasteiger partial charge is 0.387 e. The van der Waals surface area contributed by atoms with E-state index >= 15 is 0 Å². The second kappa shape index (κ2) is 9.50. The van der Waals surface area contributed by atoms with Gasteiger partial charge in [0.15, 0.2) is 16.9 Å². The van der Waals surface area contributed by atoms with Crippen molar-refractivity contribution in [1.82, 2.24) is 14.6 Å². The van der Waals surface area contributed by atoms with Crippen LogP contribution >= 0.6 is 26.8 Å². The molecule has 0 spiro atoms. The molecule has 2 aromatic rings. The average Bonchev–Trinajstić information content (AvgIpc) is 3.26. The molecule has 184 valence electrons. The van der Waals surface area contributed by atoms with Crippen LogP contribution in [0.4, 0.5) is 5.69 Å². The first-order valence-electron chi connectivity index (χ1n) is 10.3. The van der Waals surface area contributed by atoms with Crippen LogP contribution in [0.1, 0.15) is 31.2 Å². The summed E-state index contributed by atoms with van der Waals surface area (Å²) >= 11 is 6.24. The third-order valence-corrected chi connectivity index (χ3v) is 9.24. The van der Waals surface area contributed by atoms with Gasteiger partial charge in [-0.15, -0.1) is 0 Å². The first-order valence-corrected chi connectivity index (χ1v) is 14.2. The van der Waals surface area contributed by atoms with Crippen LogP contribution in [0.2, 0.25) is 5.15 Å². The highest BCUT2D eigenvalue weighted by molar-refractivity contribution is 7.70. The maximum Gasteiger partial charge on any atom is 0.340 e. The van der Waals surface area contributed by atoms with E-state index in [1.165, 1.54) is 4.52 Å². The van der Waals surface area contributed by atoms with Gasteiger partial charge in [-0.1, -0.05) is 11.6 Å². The molecule has 0 saturated carbocycles. The maximum atomic E-state index is 11.9. The summed E-state index contributed by atoms with van der Waals surface area (Å²) in [6.45, 7) is 1.03. The third-order valence-electron chi connectivity index (χ3n) is 5.60. The van der Waals surface area contributed by atoms with Crippen molar-refractivity contribution in [2.75, 3.05) is 30.5 Å². The zero-order valence-electron chi connectivity index (χ0n) is 17.3. The number of ether oxygens (including phenoxy) is 1. The van der Waals surface area contributed by atoms with E-state index in [2.05, 4.69) is 15.0 Å². The SMILES string of the molecule is O=P(O)(O)CP(=O)(O)OC[C@H]1O[C@@H](c2ncc3c(N4CCCCC4)cc(Cl)nn23)C(O)C1O. The van der Waals surface area contributed by atoms with Crippen molar-refractivity contribution >= 4 is 38.0 Å². The molecule has 16 heteroatoms. The zero-order valence-corrected chi connectivity index (χ0v) is 19.9. The Kier molecular flexibility index (Phi) is 7.20. The molecule has 2 saturated heterocycles. The molecule has 13 nitrogen and oxygen atoms in total. The Morgan fingerprint density at radius 2 is 1.85 bits per heavy atom. The second-order valence-electron chi connectivity index (χ2n) is 8.13. The Hall–Kier alpha value is -1.11. The van der Waals surface area contributed by atoms with E-state index in [-0.39, 0.29) is 11.0 Å². The van der Waals surface area contributed by atoms with Gasteiger partial charge in [-0.25, -0.2) is 9.50 Å². The Bertz CT molecular complexity index is 1110. The minimum absolute atomic E-state index is 0.169. The van der Waals surface area contributed by atoms with Gasteiger partial charge in [0.05, 0.1) is 18.5 Å². The molecule has 3 unspecified atom stereocenters. The monoisotopic (exact) mass is 526 g/mol. The van der Waals surface area contributed by atoms with Gasteiger partial charge < -0.3 is 39.1 Å². The second-order valence-corrected chi connectivity index (χ2v) is 12.5. The van der Waals surface area contributed by atoms with E-state index in [1.54, 1.807) is 12.3 Å². The van der Waals surface area contributed by atoms with E-state index in [0.29, 0.717) is 5.52 Å². The Morgan fingerprint density at radius 1 is 1.15 bits per heavy atom. The number of aliphatic hydroxyl groups excluding tert-OH is 2. The van der Waals surface area contributed by atoms with Crippen LogP contribution in [0.5, 0.6) is 0 Å². The molecule has 0 radical (unpaired) electrons. The number of piperidine rings is 1. The van der Waals surface area contributed by atoms with Gasteiger partial charge in [0.1, 0.15) is 29.9 Å². The van der Waals surface area contributed by atoms with Crippen molar-refractivity contribution in [1.29, 1.82) is 0 Å². The van der Waals surface area contributed by atoms with E-state index in [1.807, 2.05) is 0 Å². The van der Waals surface area contributed by atoms with Gasteiger partial charge in [-0.2, -0.15) is 5.10 Å². The summed E-state index contributed by atoms with van der Waals surface area (Å²) in [7, 11) is -9.46. The summed E-state index contributed by atoms with van der Waals surface area (Å²) in [6.07, 6.45) is -0.594. The average molecular weight is 527 g/mol.